The van der Waals surface area contributed by atoms with E-state index in [2.05, 4.69) is 5.32 Å². The number of para-hydroxylation sites is 1. The molecule has 3 N–H and O–H groups in total. The van der Waals surface area contributed by atoms with E-state index in [1.54, 1.807) is 24.3 Å². The average Bonchev–Trinajstić information content (AvgIpc) is 2.78. The van der Waals surface area contributed by atoms with Gasteiger partial charge in [0.05, 0.1) is 6.10 Å². The predicted molar refractivity (Wildman–Crippen MR) is 88.7 cm³/mol. The van der Waals surface area contributed by atoms with Gasteiger partial charge in [0.1, 0.15) is 5.75 Å². The van der Waals surface area contributed by atoms with Gasteiger partial charge in [-0.15, -0.1) is 0 Å². The van der Waals surface area contributed by atoms with Gasteiger partial charge in [0.2, 0.25) is 5.91 Å². The average molecular weight is 307 g/mol. The van der Waals surface area contributed by atoms with Gasteiger partial charge in [0, 0.05) is 13.0 Å². The molecule has 0 radical (unpaired) electrons. The molecule has 1 heterocycles. The van der Waals surface area contributed by atoms with Gasteiger partial charge >= 0.3 is 0 Å². The summed E-state index contributed by atoms with van der Waals surface area (Å²) in [6, 6.07) is 8.71. The topological polar surface area (TPSA) is 69.6 Å². The Bertz CT molecular complexity index is 379. The molecule has 0 bridgehead atoms. The zero-order valence-corrected chi connectivity index (χ0v) is 13.3. The van der Waals surface area contributed by atoms with Crippen molar-refractivity contribution in [3.8, 4) is 5.75 Å². The summed E-state index contributed by atoms with van der Waals surface area (Å²) < 4.78 is 0. The highest BCUT2D eigenvalue weighted by Crippen LogP contribution is 2.16. The molecule has 2 fully saturated rings. The van der Waals surface area contributed by atoms with Crippen LogP contribution in [0.1, 0.15) is 57.8 Å². The molecule has 1 aromatic carbocycles. The van der Waals surface area contributed by atoms with Crippen LogP contribution in [0.4, 0.5) is 0 Å². The number of phenols is 1. The number of hydrogen-bond acceptors (Lipinski definition) is 3. The second kappa shape index (κ2) is 12.0. The van der Waals surface area contributed by atoms with Crippen LogP contribution in [0, 0.1) is 0 Å². The summed E-state index contributed by atoms with van der Waals surface area (Å²) in [7, 11) is 0. The molecule has 1 saturated heterocycles. The second-order valence-corrected chi connectivity index (χ2v) is 5.79. The summed E-state index contributed by atoms with van der Waals surface area (Å²) in [5.41, 5.74) is 0. The highest BCUT2D eigenvalue weighted by atomic mass is 16.3. The van der Waals surface area contributed by atoms with Gasteiger partial charge in [-0.1, -0.05) is 43.9 Å². The first-order valence-electron chi connectivity index (χ1n) is 8.37. The van der Waals surface area contributed by atoms with Crippen molar-refractivity contribution < 1.29 is 15.0 Å². The molecule has 124 valence electrons. The van der Waals surface area contributed by atoms with E-state index in [0.717, 1.165) is 38.6 Å². The van der Waals surface area contributed by atoms with Gasteiger partial charge in [0.25, 0.3) is 0 Å². The molecule has 1 aliphatic carbocycles. The van der Waals surface area contributed by atoms with Crippen molar-refractivity contribution in [3.05, 3.63) is 30.3 Å². The molecular weight excluding hydrogens is 278 g/mol. The number of rotatable bonds is 0. The van der Waals surface area contributed by atoms with Crippen molar-refractivity contribution in [3.63, 3.8) is 0 Å². The molecule has 0 aromatic heterocycles. The van der Waals surface area contributed by atoms with Crippen LogP contribution in [0.15, 0.2) is 30.3 Å². The minimum Gasteiger partial charge on any atom is -0.508 e. The van der Waals surface area contributed by atoms with Crippen LogP contribution in [0.2, 0.25) is 0 Å². The van der Waals surface area contributed by atoms with E-state index in [-0.39, 0.29) is 12.0 Å². The zero-order valence-electron chi connectivity index (χ0n) is 13.3. The number of phenolic OH excluding ortho intramolecular Hbond substituents is 1. The summed E-state index contributed by atoms with van der Waals surface area (Å²) in [5, 5.41) is 20.3. The molecule has 22 heavy (non-hydrogen) atoms. The minimum absolute atomic E-state index is 0.0359. The Morgan fingerprint density at radius 2 is 1.55 bits per heavy atom. The van der Waals surface area contributed by atoms with Gasteiger partial charge in [-0.2, -0.15) is 0 Å². The molecule has 1 saturated carbocycles. The molecule has 2 aliphatic rings. The normalized spacial score (nSPS) is 18.7. The van der Waals surface area contributed by atoms with E-state index in [4.69, 9.17) is 10.2 Å². The van der Waals surface area contributed by atoms with E-state index in [1.807, 2.05) is 6.07 Å². The number of hydrogen-bond donors (Lipinski definition) is 3. The van der Waals surface area contributed by atoms with Gasteiger partial charge < -0.3 is 15.5 Å². The van der Waals surface area contributed by atoms with Crippen LogP contribution < -0.4 is 5.32 Å². The highest BCUT2D eigenvalue weighted by Gasteiger charge is 2.07. The number of nitrogens with one attached hydrogen (secondary N) is 1. The van der Waals surface area contributed by atoms with E-state index < -0.39 is 0 Å². The summed E-state index contributed by atoms with van der Waals surface area (Å²) in [4.78, 5) is 10.6. The van der Waals surface area contributed by atoms with Crippen LogP contribution in [0.5, 0.6) is 5.75 Å². The monoisotopic (exact) mass is 307 g/mol. The van der Waals surface area contributed by atoms with Crippen LogP contribution in [0.3, 0.4) is 0 Å². The summed E-state index contributed by atoms with van der Waals surface area (Å²) in [6.07, 6.45) is 10.1. The zero-order chi connectivity index (χ0) is 16.0. The van der Waals surface area contributed by atoms with Gasteiger partial charge in [-0.25, -0.2) is 0 Å². The fourth-order valence-electron chi connectivity index (χ4n) is 2.41. The number of carbonyl (C=O) groups excluding carboxylic acids is 1. The number of amides is 1. The molecule has 4 heteroatoms. The van der Waals surface area contributed by atoms with Crippen molar-refractivity contribution in [1.82, 2.24) is 5.32 Å². The third-order valence-electron chi connectivity index (χ3n) is 3.73. The fourth-order valence-corrected chi connectivity index (χ4v) is 2.41. The van der Waals surface area contributed by atoms with Crippen molar-refractivity contribution >= 4 is 5.91 Å². The minimum atomic E-state index is 0.0359. The van der Waals surface area contributed by atoms with Crippen LogP contribution >= 0.6 is 0 Å². The molecule has 1 amide bonds. The standard InChI is InChI=1S/C6H11NO.C6H12O.C6H6O/c8-6-4-2-1-3-5-7-6;2*7-6-4-2-1-3-5-6/h1-5H2,(H,7,8);6-7H,1-5H2;1-5,7H. The molecule has 0 unspecified atom stereocenters. The number of aliphatic hydroxyl groups is 1. The number of aromatic hydroxyl groups is 1. The van der Waals surface area contributed by atoms with Crippen LogP contribution in [0.25, 0.3) is 0 Å². The first-order chi connectivity index (χ1) is 10.7. The Morgan fingerprint density at radius 3 is 2.05 bits per heavy atom. The Morgan fingerprint density at radius 1 is 0.909 bits per heavy atom. The third kappa shape index (κ3) is 10.2. The fraction of sp³-hybridized carbons (Fsp3) is 0.611. The van der Waals surface area contributed by atoms with Gasteiger partial charge in [-0.3, -0.25) is 4.79 Å². The van der Waals surface area contributed by atoms with Crippen molar-refractivity contribution in [2.45, 2.75) is 63.9 Å². The lowest BCUT2D eigenvalue weighted by Crippen LogP contribution is -2.21. The molecule has 3 rings (SSSR count). The maximum atomic E-state index is 10.6. The lowest BCUT2D eigenvalue weighted by molar-refractivity contribution is -0.120. The van der Waals surface area contributed by atoms with E-state index in [9.17, 15) is 4.79 Å². The SMILES string of the molecule is O=C1CCCCCN1.OC1CCCCC1.Oc1ccccc1. The quantitative estimate of drug-likeness (QED) is 0.688. The molecular formula is C18H29NO3. The maximum absolute atomic E-state index is 10.6. The Labute approximate surface area is 133 Å². The van der Waals surface area contributed by atoms with Crippen molar-refractivity contribution in [2.24, 2.45) is 0 Å². The van der Waals surface area contributed by atoms with Crippen LogP contribution in [-0.2, 0) is 4.79 Å². The summed E-state index contributed by atoms with van der Waals surface area (Å²) in [6.45, 7) is 0.888. The van der Waals surface area contributed by atoms with E-state index in [0.29, 0.717) is 5.75 Å². The van der Waals surface area contributed by atoms with Crippen molar-refractivity contribution in [2.75, 3.05) is 6.54 Å². The van der Waals surface area contributed by atoms with Gasteiger partial charge in [-0.05, 0) is 37.8 Å². The number of carbonyl (C=O) groups is 1. The van der Waals surface area contributed by atoms with E-state index in [1.165, 1.54) is 25.7 Å². The largest absolute Gasteiger partial charge is 0.508 e. The first-order valence-corrected chi connectivity index (χ1v) is 8.37. The predicted octanol–water partition coefficient (Wildman–Crippen LogP) is 3.38. The second-order valence-electron chi connectivity index (χ2n) is 5.79. The molecule has 4 nitrogen and oxygen atoms in total. The smallest absolute Gasteiger partial charge is 0.219 e. The van der Waals surface area contributed by atoms with Crippen LogP contribution in [-0.4, -0.2) is 28.8 Å². The Balaban J connectivity index is 0.000000166. The Hall–Kier alpha value is -1.55. The number of aliphatic hydroxyl groups excluding tert-OH is 1. The Kier molecular flexibility index (Phi) is 10.1. The lowest BCUT2D eigenvalue weighted by atomic mass is 9.98. The van der Waals surface area contributed by atoms with E-state index >= 15 is 0 Å². The molecule has 1 aliphatic heterocycles. The third-order valence-corrected chi connectivity index (χ3v) is 3.73. The molecule has 0 spiro atoms. The maximum Gasteiger partial charge on any atom is 0.219 e. The van der Waals surface area contributed by atoms with Gasteiger partial charge in [0.15, 0.2) is 0 Å². The summed E-state index contributed by atoms with van der Waals surface area (Å²) >= 11 is 0. The number of benzene rings is 1. The molecule has 1 aromatic rings. The highest BCUT2D eigenvalue weighted by molar-refractivity contribution is 5.75. The van der Waals surface area contributed by atoms with Crippen molar-refractivity contribution in [1.29, 1.82) is 0 Å². The molecule has 0 atom stereocenters. The lowest BCUT2D eigenvalue weighted by Gasteiger charge is -2.14. The summed E-state index contributed by atoms with van der Waals surface area (Å²) in [5.74, 6) is 0.546. The first kappa shape index (κ1) is 18.5.